The van der Waals surface area contributed by atoms with Crippen LogP contribution in [0.5, 0.6) is 5.75 Å². The highest BCUT2D eigenvalue weighted by molar-refractivity contribution is 6.45. The fourth-order valence-corrected chi connectivity index (χ4v) is 4.16. The summed E-state index contributed by atoms with van der Waals surface area (Å²) in [7, 11) is 1.49. The van der Waals surface area contributed by atoms with E-state index in [1.165, 1.54) is 7.11 Å². The molecule has 0 saturated carbocycles. The number of hydrogen-bond donors (Lipinski definition) is 0. The molecule has 2 aliphatic rings. The smallest absolute Gasteiger partial charge is 0.174 e. The summed E-state index contributed by atoms with van der Waals surface area (Å²) in [6.45, 7) is 2.04. The van der Waals surface area contributed by atoms with Crippen molar-refractivity contribution in [3.8, 4) is 5.75 Å². The molecule has 116 valence electrons. The lowest BCUT2D eigenvalue weighted by Gasteiger charge is -2.31. The Bertz CT molecular complexity index is 721. The van der Waals surface area contributed by atoms with E-state index in [-0.39, 0.29) is 16.6 Å². The minimum Gasteiger partial charge on any atom is -0.495 e. The Labute approximate surface area is 139 Å². The number of benzene rings is 1. The largest absolute Gasteiger partial charge is 0.495 e. The summed E-state index contributed by atoms with van der Waals surface area (Å²) in [4.78, 5) is 25.0. The van der Waals surface area contributed by atoms with Gasteiger partial charge in [-0.15, -0.1) is 0 Å². The summed E-state index contributed by atoms with van der Waals surface area (Å²) < 4.78 is 5.21. The summed E-state index contributed by atoms with van der Waals surface area (Å²) >= 11 is 12.6. The van der Waals surface area contributed by atoms with Crippen molar-refractivity contribution in [2.75, 3.05) is 7.11 Å². The Morgan fingerprint density at radius 3 is 2.64 bits per heavy atom. The molecule has 0 saturated heterocycles. The molecule has 1 aromatic rings. The van der Waals surface area contributed by atoms with E-state index in [2.05, 4.69) is 0 Å². The molecule has 2 aliphatic carbocycles. The molecule has 0 aliphatic heterocycles. The van der Waals surface area contributed by atoms with Gasteiger partial charge in [-0.25, -0.2) is 0 Å². The van der Waals surface area contributed by atoms with Crippen molar-refractivity contribution in [1.82, 2.24) is 0 Å². The number of halogens is 2. The maximum atomic E-state index is 13.1. The maximum absolute atomic E-state index is 13.1. The number of carbonyl (C=O) groups excluding carboxylic acids is 2. The third-order valence-corrected chi connectivity index (χ3v) is 5.49. The van der Waals surface area contributed by atoms with Crippen LogP contribution in [0, 0.1) is 5.41 Å². The molecule has 0 bridgehead atoms. The van der Waals surface area contributed by atoms with Crippen LogP contribution in [0.3, 0.4) is 0 Å². The number of ketones is 2. The first-order valence-electron chi connectivity index (χ1n) is 7.32. The lowest BCUT2D eigenvalue weighted by molar-refractivity contribution is -0.115. The highest BCUT2D eigenvalue weighted by Gasteiger charge is 2.51. The van der Waals surface area contributed by atoms with Gasteiger partial charge in [0, 0.05) is 17.5 Å². The van der Waals surface area contributed by atoms with Crippen LogP contribution < -0.4 is 4.74 Å². The van der Waals surface area contributed by atoms with E-state index < -0.39 is 5.41 Å². The van der Waals surface area contributed by atoms with Gasteiger partial charge in [0.15, 0.2) is 11.6 Å². The maximum Gasteiger partial charge on any atom is 0.174 e. The first kappa shape index (κ1) is 15.6. The normalized spacial score (nSPS) is 23.2. The molecular weight excluding hydrogens is 323 g/mol. The number of ether oxygens (including phenoxy) is 1. The van der Waals surface area contributed by atoms with Gasteiger partial charge < -0.3 is 4.74 Å². The second-order valence-corrected chi connectivity index (χ2v) is 6.57. The fourth-order valence-electron chi connectivity index (χ4n) is 3.64. The van der Waals surface area contributed by atoms with Gasteiger partial charge in [-0.1, -0.05) is 36.5 Å². The van der Waals surface area contributed by atoms with Gasteiger partial charge in [-0.3, -0.25) is 9.59 Å². The van der Waals surface area contributed by atoms with E-state index in [9.17, 15) is 9.59 Å². The fraction of sp³-hybridized carbons (Fsp3) is 0.412. The molecule has 1 unspecified atom stereocenters. The predicted molar refractivity (Wildman–Crippen MR) is 86.9 cm³/mol. The summed E-state index contributed by atoms with van der Waals surface area (Å²) in [5.74, 6) is 0.446. The second-order valence-electron chi connectivity index (χ2n) is 5.81. The van der Waals surface area contributed by atoms with Crippen molar-refractivity contribution < 1.29 is 14.3 Å². The number of carbonyl (C=O) groups is 2. The second kappa shape index (κ2) is 5.39. The van der Waals surface area contributed by atoms with Crippen molar-refractivity contribution in [2.45, 2.75) is 32.6 Å². The third kappa shape index (κ3) is 1.95. The summed E-state index contributed by atoms with van der Waals surface area (Å²) in [5.41, 5.74) is 1.23. The lowest BCUT2D eigenvalue weighted by atomic mass is 9.69. The van der Waals surface area contributed by atoms with Gasteiger partial charge >= 0.3 is 0 Å². The molecule has 22 heavy (non-hydrogen) atoms. The minimum atomic E-state index is -0.635. The van der Waals surface area contributed by atoms with Crippen LogP contribution in [0.25, 0.3) is 5.57 Å². The van der Waals surface area contributed by atoms with Gasteiger partial charge in [0.05, 0.1) is 17.5 Å². The molecule has 3 nitrogen and oxygen atoms in total. The predicted octanol–water partition coefficient (Wildman–Crippen LogP) is 4.73. The van der Waals surface area contributed by atoms with Crippen molar-refractivity contribution in [2.24, 2.45) is 5.41 Å². The quantitative estimate of drug-likeness (QED) is 0.799. The average Bonchev–Trinajstić information content (AvgIpc) is 2.73. The lowest BCUT2D eigenvalue weighted by Crippen LogP contribution is -2.31. The number of fused-ring (bicyclic) bond motifs is 3. The first-order chi connectivity index (χ1) is 10.5. The summed E-state index contributed by atoms with van der Waals surface area (Å²) in [6.07, 6.45) is 4.07. The molecule has 0 amide bonds. The van der Waals surface area contributed by atoms with Crippen LogP contribution in [0.2, 0.25) is 10.0 Å². The zero-order valence-corrected chi connectivity index (χ0v) is 14.0. The van der Waals surface area contributed by atoms with E-state index in [1.807, 2.05) is 6.92 Å². The van der Waals surface area contributed by atoms with E-state index in [0.29, 0.717) is 41.2 Å². The SMILES string of the molecule is CCCC12CCC(=O)C=C1c1c(cc(OC)c(Cl)c1Cl)C2=O. The molecule has 0 radical (unpaired) electrons. The molecular formula is C17H16Cl2O3. The number of allylic oxidation sites excluding steroid dienone is 2. The molecule has 1 aromatic carbocycles. The molecule has 5 heteroatoms. The Balaban J connectivity index is 2.32. The molecule has 0 N–H and O–H groups in total. The Kier molecular flexibility index (Phi) is 3.82. The first-order valence-corrected chi connectivity index (χ1v) is 8.08. The van der Waals surface area contributed by atoms with Gasteiger partial charge in [0.25, 0.3) is 0 Å². The van der Waals surface area contributed by atoms with E-state index in [0.717, 1.165) is 12.0 Å². The van der Waals surface area contributed by atoms with Crippen LogP contribution in [0.15, 0.2) is 12.1 Å². The summed E-state index contributed by atoms with van der Waals surface area (Å²) in [6, 6.07) is 1.65. The van der Waals surface area contributed by atoms with Crippen molar-refractivity contribution in [3.63, 3.8) is 0 Å². The van der Waals surface area contributed by atoms with Gasteiger partial charge in [0.2, 0.25) is 0 Å². The number of Topliss-reactive ketones (excluding diaryl/α,β-unsaturated/α-hetero) is 1. The zero-order valence-electron chi connectivity index (χ0n) is 12.5. The summed E-state index contributed by atoms with van der Waals surface area (Å²) in [5, 5.41) is 0.574. The van der Waals surface area contributed by atoms with Gasteiger partial charge in [0.1, 0.15) is 10.8 Å². The monoisotopic (exact) mass is 338 g/mol. The molecule has 0 heterocycles. The third-order valence-electron chi connectivity index (χ3n) is 4.64. The van der Waals surface area contributed by atoms with E-state index in [4.69, 9.17) is 27.9 Å². The molecule has 3 rings (SSSR count). The average molecular weight is 339 g/mol. The molecule has 1 atom stereocenters. The number of rotatable bonds is 3. The van der Waals surface area contributed by atoms with Crippen molar-refractivity contribution in [3.05, 3.63) is 33.3 Å². The van der Waals surface area contributed by atoms with Crippen LogP contribution in [-0.2, 0) is 4.79 Å². The van der Waals surface area contributed by atoms with Crippen molar-refractivity contribution in [1.29, 1.82) is 0 Å². The van der Waals surface area contributed by atoms with Crippen LogP contribution in [0.1, 0.15) is 48.5 Å². The highest BCUT2D eigenvalue weighted by atomic mass is 35.5. The zero-order chi connectivity index (χ0) is 16.1. The Morgan fingerprint density at radius 2 is 2.00 bits per heavy atom. The van der Waals surface area contributed by atoms with E-state index in [1.54, 1.807) is 12.1 Å². The van der Waals surface area contributed by atoms with Gasteiger partial charge in [-0.2, -0.15) is 0 Å². The van der Waals surface area contributed by atoms with Crippen LogP contribution >= 0.6 is 23.2 Å². The Morgan fingerprint density at radius 1 is 1.27 bits per heavy atom. The Hall–Kier alpha value is -1.32. The number of hydrogen-bond acceptors (Lipinski definition) is 3. The highest BCUT2D eigenvalue weighted by Crippen LogP contribution is 2.57. The van der Waals surface area contributed by atoms with E-state index >= 15 is 0 Å². The van der Waals surface area contributed by atoms with Crippen molar-refractivity contribution >= 4 is 40.3 Å². The molecule has 0 spiro atoms. The number of methoxy groups -OCH3 is 1. The van der Waals surface area contributed by atoms with Crippen LogP contribution in [0.4, 0.5) is 0 Å². The standard InChI is InChI=1S/C17H16Cl2O3/c1-3-5-17-6-4-9(20)7-11(17)13-10(16(17)21)8-12(22-2)14(18)15(13)19/h7-8H,3-6H2,1-2H3. The van der Waals surface area contributed by atoms with Gasteiger partial charge in [-0.05, 0) is 30.6 Å². The minimum absolute atomic E-state index is 0.0277. The molecule has 0 fully saturated rings. The topological polar surface area (TPSA) is 43.4 Å². The molecule has 0 aromatic heterocycles. The van der Waals surface area contributed by atoms with Crippen LogP contribution in [-0.4, -0.2) is 18.7 Å².